The third-order valence-electron chi connectivity index (χ3n) is 6.32. The molecule has 1 unspecified atom stereocenters. The number of fused-ring (bicyclic) bond motifs is 1. The largest absolute Gasteiger partial charge is 0.486 e. The summed E-state index contributed by atoms with van der Waals surface area (Å²) in [5, 5.41) is 2.48. The minimum Gasteiger partial charge on any atom is -0.486 e. The predicted octanol–water partition coefficient (Wildman–Crippen LogP) is 5.23. The lowest BCUT2D eigenvalue weighted by molar-refractivity contribution is -0.132. The first kappa shape index (κ1) is 24.9. The van der Waals surface area contributed by atoms with Crippen molar-refractivity contribution in [1.29, 1.82) is 0 Å². The Morgan fingerprint density at radius 1 is 1.17 bits per heavy atom. The van der Waals surface area contributed by atoms with E-state index in [0.29, 0.717) is 42.5 Å². The van der Waals surface area contributed by atoms with E-state index >= 15 is 0 Å². The number of nitrogens with zero attached hydrogens (tertiary/aromatic N) is 3. The Labute approximate surface area is 209 Å². The topological polar surface area (TPSA) is 62.7 Å². The molecule has 2 heterocycles. The van der Waals surface area contributed by atoms with Gasteiger partial charge in [-0.1, -0.05) is 25.1 Å². The van der Waals surface area contributed by atoms with Gasteiger partial charge in [-0.15, -0.1) is 11.3 Å². The van der Waals surface area contributed by atoms with Gasteiger partial charge >= 0.3 is 0 Å². The molecule has 0 bridgehead atoms. The lowest BCUT2D eigenvalue weighted by atomic mass is 9.87. The van der Waals surface area contributed by atoms with Gasteiger partial charge in [0, 0.05) is 31.4 Å². The molecule has 2 aromatic carbocycles. The first-order valence-electron chi connectivity index (χ1n) is 12.0. The van der Waals surface area contributed by atoms with Crippen molar-refractivity contribution in [2.45, 2.75) is 46.3 Å². The smallest absolute Gasteiger partial charge is 0.273 e. The molecule has 6 nitrogen and oxygen atoms in total. The lowest BCUT2D eigenvalue weighted by Crippen LogP contribution is -2.40. The van der Waals surface area contributed by atoms with E-state index in [-0.39, 0.29) is 30.3 Å². The van der Waals surface area contributed by atoms with Crippen molar-refractivity contribution < 1.29 is 18.7 Å². The summed E-state index contributed by atoms with van der Waals surface area (Å²) in [6.45, 7) is 7.82. The fraction of sp³-hybridized carbons (Fsp3) is 0.370. The fourth-order valence-electron chi connectivity index (χ4n) is 4.48. The van der Waals surface area contributed by atoms with E-state index in [4.69, 9.17) is 4.74 Å². The first-order chi connectivity index (χ1) is 16.9. The number of halogens is 1. The van der Waals surface area contributed by atoms with Crippen LogP contribution in [0.25, 0.3) is 0 Å². The SMILES string of the molecule is CCC(=O)N1CCc2ccc(OCc3nc(C(=O)N(CC)CC)cs3)cc2C1c1cccc(F)c1. The Bertz CT molecular complexity index is 1210. The van der Waals surface area contributed by atoms with E-state index in [0.717, 1.165) is 23.1 Å². The van der Waals surface area contributed by atoms with Gasteiger partial charge in [0.2, 0.25) is 5.91 Å². The summed E-state index contributed by atoms with van der Waals surface area (Å²) in [6.07, 6.45) is 1.12. The molecule has 8 heteroatoms. The van der Waals surface area contributed by atoms with Crippen LogP contribution in [0, 0.1) is 5.82 Å². The zero-order chi connectivity index (χ0) is 24.9. The van der Waals surface area contributed by atoms with Crippen LogP contribution < -0.4 is 4.74 Å². The van der Waals surface area contributed by atoms with Gasteiger partial charge in [-0.25, -0.2) is 9.37 Å². The van der Waals surface area contributed by atoms with Crippen LogP contribution in [0.3, 0.4) is 0 Å². The number of carbonyl (C=O) groups is 2. The molecule has 1 aromatic heterocycles. The van der Waals surface area contributed by atoms with Crippen LogP contribution in [0.4, 0.5) is 4.39 Å². The van der Waals surface area contributed by atoms with Crippen molar-refractivity contribution in [2.24, 2.45) is 0 Å². The van der Waals surface area contributed by atoms with E-state index in [1.807, 2.05) is 49.9 Å². The van der Waals surface area contributed by atoms with Gasteiger partial charge in [0.05, 0.1) is 6.04 Å². The Hall–Kier alpha value is -3.26. The van der Waals surface area contributed by atoms with Crippen LogP contribution >= 0.6 is 11.3 Å². The molecule has 0 saturated heterocycles. The Balaban J connectivity index is 1.57. The highest BCUT2D eigenvalue weighted by molar-refractivity contribution is 7.09. The summed E-state index contributed by atoms with van der Waals surface area (Å²) in [5.41, 5.74) is 3.23. The molecular weight excluding hydrogens is 465 g/mol. The van der Waals surface area contributed by atoms with E-state index in [9.17, 15) is 14.0 Å². The molecule has 184 valence electrons. The average Bonchev–Trinajstić information content (AvgIpc) is 3.36. The van der Waals surface area contributed by atoms with Crippen molar-refractivity contribution in [3.63, 3.8) is 0 Å². The summed E-state index contributed by atoms with van der Waals surface area (Å²) in [4.78, 5) is 33.3. The van der Waals surface area contributed by atoms with Gasteiger partial charge in [-0.3, -0.25) is 9.59 Å². The molecule has 1 aliphatic rings. The predicted molar refractivity (Wildman–Crippen MR) is 134 cm³/mol. The highest BCUT2D eigenvalue weighted by Gasteiger charge is 2.32. The molecule has 2 amide bonds. The maximum Gasteiger partial charge on any atom is 0.273 e. The molecule has 3 aromatic rings. The second kappa shape index (κ2) is 11.0. The molecule has 4 rings (SSSR count). The van der Waals surface area contributed by atoms with Crippen LogP contribution in [-0.4, -0.2) is 46.2 Å². The molecule has 0 saturated carbocycles. The molecule has 0 N–H and O–H groups in total. The van der Waals surface area contributed by atoms with Gasteiger partial charge in [0.15, 0.2) is 0 Å². The number of thiazole rings is 1. The maximum atomic E-state index is 14.1. The minimum atomic E-state index is -0.372. The molecular formula is C27H30FN3O3S. The number of hydrogen-bond donors (Lipinski definition) is 0. The molecule has 1 atom stereocenters. The van der Waals surface area contributed by atoms with Crippen molar-refractivity contribution in [3.05, 3.63) is 81.1 Å². The number of amides is 2. The van der Waals surface area contributed by atoms with Crippen molar-refractivity contribution >= 4 is 23.2 Å². The van der Waals surface area contributed by atoms with Crippen molar-refractivity contribution in [2.75, 3.05) is 19.6 Å². The normalized spacial score (nSPS) is 15.0. The molecule has 0 spiro atoms. The summed E-state index contributed by atoms with van der Waals surface area (Å²) in [5.74, 6) is 0.266. The third kappa shape index (κ3) is 5.37. The summed E-state index contributed by atoms with van der Waals surface area (Å²) in [6, 6.07) is 11.9. The Kier molecular flexibility index (Phi) is 7.80. The van der Waals surface area contributed by atoms with E-state index in [1.54, 1.807) is 16.3 Å². The molecule has 35 heavy (non-hydrogen) atoms. The van der Waals surface area contributed by atoms with Gasteiger partial charge in [-0.2, -0.15) is 0 Å². The lowest BCUT2D eigenvalue weighted by Gasteiger charge is -2.38. The number of ether oxygens (including phenoxy) is 1. The second-order valence-corrected chi connectivity index (χ2v) is 9.34. The average molecular weight is 496 g/mol. The van der Waals surface area contributed by atoms with E-state index < -0.39 is 0 Å². The second-order valence-electron chi connectivity index (χ2n) is 8.40. The zero-order valence-corrected chi connectivity index (χ0v) is 21.1. The fourth-order valence-corrected chi connectivity index (χ4v) is 5.16. The monoisotopic (exact) mass is 495 g/mol. The van der Waals surface area contributed by atoms with Crippen molar-refractivity contribution in [3.8, 4) is 5.75 Å². The summed E-state index contributed by atoms with van der Waals surface area (Å²) >= 11 is 1.39. The Morgan fingerprint density at radius 2 is 1.97 bits per heavy atom. The highest BCUT2D eigenvalue weighted by Crippen LogP contribution is 2.38. The number of benzene rings is 2. The number of rotatable bonds is 8. The standard InChI is InChI=1S/C27H30FN3O3S/c1-4-25(32)31-13-12-18-10-11-21(15-22(18)26(31)19-8-7-9-20(28)14-19)34-16-24-29-23(17-35-24)27(33)30(5-2)6-3/h7-11,14-15,17,26H,4-6,12-13,16H2,1-3H3. The molecule has 0 radical (unpaired) electrons. The van der Waals surface area contributed by atoms with Crippen LogP contribution in [0.1, 0.15) is 65.4 Å². The number of hydrogen-bond acceptors (Lipinski definition) is 5. The molecule has 0 aliphatic carbocycles. The Morgan fingerprint density at radius 3 is 2.69 bits per heavy atom. The quantitative estimate of drug-likeness (QED) is 0.430. The van der Waals surface area contributed by atoms with E-state index in [1.165, 1.54) is 23.5 Å². The van der Waals surface area contributed by atoms with Crippen LogP contribution in [0.5, 0.6) is 5.75 Å². The minimum absolute atomic E-state index is 0.0319. The van der Waals surface area contributed by atoms with E-state index in [2.05, 4.69) is 4.98 Å². The zero-order valence-electron chi connectivity index (χ0n) is 20.3. The maximum absolute atomic E-state index is 14.1. The van der Waals surface area contributed by atoms with Gasteiger partial charge in [0.25, 0.3) is 5.91 Å². The summed E-state index contributed by atoms with van der Waals surface area (Å²) < 4.78 is 20.1. The molecule has 1 aliphatic heterocycles. The van der Waals surface area contributed by atoms with Gasteiger partial charge < -0.3 is 14.5 Å². The number of aromatic nitrogens is 1. The van der Waals surface area contributed by atoms with Crippen LogP contribution in [0.15, 0.2) is 47.8 Å². The first-order valence-corrected chi connectivity index (χ1v) is 12.9. The van der Waals surface area contributed by atoms with Crippen LogP contribution in [-0.2, 0) is 17.8 Å². The van der Waals surface area contributed by atoms with Gasteiger partial charge in [0.1, 0.15) is 28.9 Å². The summed E-state index contributed by atoms with van der Waals surface area (Å²) in [7, 11) is 0. The van der Waals surface area contributed by atoms with Crippen LogP contribution in [0.2, 0.25) is 0 Å². The third-order valence-corrected chi connectivity index (χ3v) is 7.14. The molecule has 0 fully saturated rings. The van der Waals surface area contributed by atoms with Gasteiger partial charge in [-0.05, 0) is 61.2 Å². The highest BCUT2D eigenvalue weighted by atomic mass is 32.1. The number of carbonyl (C=O) groups excluding carboxylic acids is 2. The van der Waals surface area contributed by atoms with Crippen molar-refractivity contribution in [1.82, 2.24) is 14.8 Å².